The molecule has 0 saturated heterocycles. The molecule has 2 aromatic carbocycles. The Morgan fingerprint density at radius 2 is 1.77 bits per heavy atom. The molecule has 6 nitrogen and oxygen atoms in total. The minimum Gasteiger partial charge on any atom is -0.465 e. The molecule has 8 heteroatoms. The SMILES string of the molecule is COC(=O)c1ccc(C)c(NC(=O)COC(=O)c2ccc(F)cc2F)c1. The lowest BCUT2D eigenvalue weighted by atomic mass is 10.1. The number of esters is 2. The molecule has 0 heterocycles. The molecular weight excluding hydrogens is 348 g/mol. The van der Waals surface area contributed by atoms with Gasteiger partial charge in [-0.1, -0.05) is 6.07 Å². The quantitative estimate of drug-likeness (QED) is 0.826. The second-order valence-corrected chi connectivity index (χ2v) is 5.27. The smallest absolute Gasteiger partial charge is 0.341 e. The maximum Gasteiger partial charge on any atom is 0.341 e. The summed E-state index contributed by atoms with van der Waals surface area (Å²) in [5, 5.41) is 2.48. The molecule has 0 bridgehead atoms. The minimum absolute atomic E-state index is 0.235. The van der Waals surface area contributed by atoms with Crippen molar-refractivity contribution in [1.29, 1.82) is 0 Å². The van der Waals surface area contributed by atoms with Gasteiger partial charge in [-0.15, -0.1) is 0 Å². The number of halogens is 2. The zero-order valence-corrected chi connectivity index (χ0v) is 14.0. The summed E-state index contributed by atoms with van der Waals surface area (Å²) in [4.78, 5) is 35.2. The summed E-state index contributed by atoms with van der Waals surface area (Å²) in [6.07, 6.45) is 0. The monoisotopic (exact) mass is 363 g/mol. The van der Waals surface area contributed by atoms with Crippen molar-refractivity contribution < 1.29 is 32.6 Å². The van der Waals surface area contributed by atoms with Gasteiger partial charge >= 0.3 is 11.9 Å². The van der Waals surface area contributed by atoms with E-state index in [4.69, 9.17) is 4.74 Å². The van der Waals surface area contributed by atoms with E-state index in [1.54, 1.807) is 13.0 Å². The molecule has 1 amide bonds. The Kier molecular flexibility index (Phi) is 6.00. The molecule has 0 aliphatic heterocycles. The van der Waals surface area contributed by atoms with E-state index in [2.05, 4.69) is 10.1 Å². The Bertz CT molecular complexity index is 867. The van der Waals surface area contributed by atoms with Crippen LogP contribution in [0.3, 0.4) is 0 Å². The second-order valence-electron chi connectivity index (χ2n) is 5.27. The minimum atomic E-state index is -1.10. The molecule has 0 radical (unpaired) electrons. The van der Waals surface area contributed by atoms with Crippen LogP contribution in [-0.4, -0.2) is 31.6 Å². The highest BCUT2D eigenvalue weighted by molar-refractivity contribution is 5.97. The lowest BCUT2D eigenvalue weighted by Gasteiger charge is -2.10. The van der Waals surface area contributed by atoms with Crippen molar-refractivity contribution in [3.8, 4) is 0 Å². The van der Waals surface area contributed by atoms with Gasteiger partial charge in [0.15, 0.2) is 6.61 Å². The zero-order valence-electron chi connectivity index (χ0n) is 14.0. The Balaban J connectivity index is 2.00. The summed E-state index contributed by atoms with van der Waals surface area (Å²) in [6.45, 7) is 1.02. The third-order valence-corrected chi connectivity index (χ3v) is 3.42. The fourth-order valence-corrected chi connectivity index (χ4v) is 2.05. The molecule has 0 spiro atoms. The molecule has 0 aliphatic carbocycles. The maximum atomic E-state index is 13.5. The van der Waals surface area contributed by atoms with Gasteiger partial charge in [0.2, 0.25) is 0 Å². The van der Waals surface area contributed by atoms with Gasteiger partial charge < -0.3 is 14.8 Å². The summed E-state index contributed by atoms with van der Waals surface area (Å²) >= 11 is 0. The van der Waals surface area contributed by atoms with E-state index in [-0.39, 0.29) is 5.56 Å². The summed E-state index contributed by atoms with van der Waals surface area (Å²) in [6, 6.07) is 6.94. The molecule has 0 atom stereocenters. The average molecular weight is 363 g/mol. The van der Waals surface area contributed by atoms with E-state index < -0.39 is 41.7 Å². The maximum absolute atomic E-state index is 13.5. The van der Waals surface area contributed by atoms with Crippen LogP contribution < -0.4 is 5.32 Å². The van der Waals surface area contributed by atoms with Crippen LogP contribution in [0.2, 0.25) is 0 Å². The van der Waals surface area contributed by atoms with Gasteiger partial charge in [0, 0.05) is 11.8 Å². The summed E-state index contributed by atoms with van der Waals surface area (Å²) < 4.78 is 35.6. The molecule has 2 aromatic rings. The number of methoxy groups -OCH3 is 1. The summed E-state index contributed by atoms with van der Waals surface area (Å²) in [5.74, 6) is -4.28. The summed E-state index contributed by atoms with van der Waals surface area (Å²) in [7, 11) is 1.23. The van der Waals surface area contributed by atoms with Gasteiger partial charge in [-0.2, -0.15) is 0 Å². The topological polar surface area (TPSA) is 81.7 Å². The highest BCUT2D eigenvalue weighted by Crippen LogP contribution is 2.18. The van der Waals surface area contributed by atoms with Crippen molar-refractivity contribution in [2.45, 2.75) is 6.92 Å². The van der Waals surface area contributed by atoms with E-state index in [1.807, 2.05) is 0 Å². The first-order chi connectivity index (χ1) is 12.3. The van der Waals surface area contributed by atoms with Crippen molar-refractivity contribution in [3.05, 3.63) is 64.7 Å². The number of nitrogens with one attached hydrogen (secondary N) is 1. The van der Waals surface area contributed by atoms with E-state index in [0.717, 1.165) is 12.1 Å². The van der Waals surface area contributed by atoms with Gasteiger partial charge in [-0.05, 0) is 36.8 Å². The van der Waals surface area contributed by atoms with Gasteiger partial charge in [-0.25, -0.2) is 18.4 Å². The molecule has 1 N–H and O–H groups in total. The predicted octanol–water partition coefficient (Wildman–Crippen LogP) is 2.86. The number of rotatable bonds is 5. The molecule has 0 fully saturated rings. The standard InChI is InChI=1S/C18H15F2NO5/c1-10-3-4-11(17(23)25-2)7-15(10)21-16(22)9-26-18(24)13-6-5-12(19)8-14(13)20/h3-8H,9H2,1-2H3,(H,21,22). The number of benzene rings is 2. The third kappa shape index (κ3) is 4.62. The Morgan fingerprint density at radius 1 is 1.04 bits per heavy atom. The number of carbonyl (C=O) groups is 3. The van der Waals surface area contributed by atoms with Gasteiger partial charge in [-0.3, -0.25) is 4.79 Å². The van der Waals surface area contributed by atoms with E-state index in [1.165, 1.54) is 19.2 Å². The lowest BCUT2D eigenvalue weighted by Crippen LogP contribution is -2.22. The molecule has 0 unspecified atom stereocenters. The van der Waals surface area contributed by atoms with Crippen molar-refractivity contribution in [2.75, 3.05) is 19.0 Å². The zero-order chi connectivity index (χ0) is 19.3. The number of hydrogen-bond acceptors (Lipinski definition) is 5. The fourth-order valence-electron chi connectivity index (χ4n) is 2.05. The van der Waals surface area contributed by atoms with Crippen LogP contribution in [0.15, 0.2) is 36.4 Å². The lowest BCUT2D eigenvalue weighted by molar-refractivity contribution is -0.119. The number of hydrogen-bond donors (Lipinski definition) is 1. The molecule has 2 rings (SSSR count). The van der Waals surface area contributed by atoms with Crippen molar-refractivity contribution in [3.63, 3.8) is 0 Å². The Morgan fingerprint density at radius 3 is 2.42 bits per heavy atom. The summed E-state index contributed by atoms with van der Waals surface area (Å²) in [5.41, 5.74) is 0.755. The number of amides is 1. The van der Waals surface area contributed by atoms with Crippen LogP contribution in [0.25, 0.3) is 0 Å². The number of ether oxygens (including phenoxy) is 2. The Hall–Kier alpha value is -3.29. The molecule has 136 valence electrons. The van der Waals surface area contributed by atoms with E-state index >= 15 is 0 Å². The average Bonchev–Trinajstić information content (AvgIpc) is 2.61. The first-order valence-electron chi connectivity index (χ1n) is 7.43. The molecule has 0 aliphatic rings. The van der Waals surface area contributed by atoms with Crippen LogP contribution in [0.5, 0.6) is 0 Å². The number of anilines is 1. The van der Waals surface area contributed by atoms with Crippen LogP contribution >= 0.6 is 0 Å². The van der Waals surface area contributed by atoms with Crippen molar-refractivity contribution >= 4 is 23.5 Å². The third-order valence-electron chi connectivity index (χ3n) is 3.42. The van der Waals surface area contributed by atoms with Gasteiger partial charge in [0.1, 0.15) is 11.6 Å². The predicted molar refractivity (Wildman–Crippen MR) is 87.8 cm³/mol. The van der Waals surface area contributed by atoms with Crippen LogP contribution in [-0.2, 0) is 14.3 Å². The normalized spacial score (nSPS) is 10.2. The number of aryl methyl sites for hydroxylation is 1. The van der Waals surface area contributed by atoms with Crippen molar-refractivity contribution in [2.24, 2.45) is 0 Å². The highest BCUT2D eigenvalue weighted by atomic mass is 19.1. The van der Waals surface area contributed by atoms with Gasteiger partial charge in [0.05, 0.1) is 18.2 Å². The molecular formula is C18H15F2NO5. The fraction of sp³-hybridized carbons (Fsp3) is 0.167. The first-order valence-corrected chi connectivity index (χ1v) is 7.43. The second kappa shape index (κ2) is 8.19. The van der Waals surface area contributed by atoms with Crippen LogP contribution in [0.4, 0.5) is 14.5 Å². The molecule has 0 saturated carbocycles. The molecule has 26 heavy (non-hydrogen) atoms. The largest absolute Gasteiger partial charge is 0.465 e. The molecule has 0 aromatic heterocycles. The van der Waals surface area contributed by atoms with Crippen molar-refractivity contribution in [1.82, 2.24) is 0 Å². The van der Waals surface area contributed by atoms with Gasteiger partial charge in [0.25, 0.3) is 5.91 Å². The highest BCUT2D eigenvalue weighted by Gasteiger charge is 2.16. The first kappa shape index (κ1) is 19.0. The van der Waals surface area contributed by atoms with E-state index in [9.17, 15) is 23.2 Å². The van der Waals surface area contributed by atoms with Crippen LogP contribution in [0, 0.1) is 18.6 Å². The van der Waals surface area contributed by atoms with E-state index in [0.29, 0.717) is 17.3 Å². The van der Waals surface area contributed by atoms with Crippen LogP contribution in [0.1, 0.15) is 26.3 Å². The number of carbonyl (C=O) groups excluding carboxylic acids is 3. The Labute approximate surface area is 147 Å².